The van der Waals surface area contributed by atoms with E-state index in [1.54, 1.807) is 11.0 Å². The van der Waals surface area contributed by atoms with Crippen molar-refractivity contribution in [2.24, 2.45) is 0 Å². The standard InChI is InChI=1S/C17H18F3N3O2S/c18-17(19,20)14-10-12(13-6-5-9-25-13)21-16(22-14)26-11-15(24)23-7-3-1-2-4-8-23/h5-6,9-10H,1-4,7-8,11H2. The number of hydrogen-bond donors (Lipinski definition) is 0. The molecule has 0 unspecified atom stereocenters. The predicted octanol–water partition coefficient (Wildman–Crippen LogP) is 4.25. The second kappa shape index (κ2) is 8.11. The van der Waals surface area contributed by atoms with Crippen molar-refractivity contribution in [3.8, 4) is 11.5 Å². The number of amides is 1. The van der Waals surface area contributed by atoms with Crippen LogP contribution in [0.2, 0.25) is 0 Å². The second-order valence-corrected chi connectivity index (χ2v) is 6.92. The number of thioether (sulfide) groups is 1. The zero-order chi connectivity index (χ0) is 18.6. The molecule has 9 heteroatoms. The molecule has 1 saturated heterocycles. The largest absolute Gasteiger partial charge is 0.463 e. The first-order valence-corrected chi connectivity index (χ1v) is 9.33. The number of carbonyl (C=O) groups is 1. The maximum Gasteiger partial charge on any atom is 0.433 e. The van der Waals surface area contributed by atoms with Gasteiger partial charge in [0.2, 0.25) is 5.91 Å². The first kappa shape index (κ1) is 18.8. The number of hydrogen-bond acceptors (Lipinski definition) is 5. The van der Waals surface area contributed by atoms with E-state index < -0.39 is 11.9 Å². The summed E-state index contributed by atoms with van der Waals surface area (Å²) in [6, 6.07) is 3.94. The third-order valence-corrected chi connectivity index (χ3v) is 4.89. The van der Waals surface area contributed by atoms with Crippen LogP contribution in [0.1, 0.15) is 31.4 Å². The molecule has 2 aromatic rings. The Hall–Kier alpha value is -2.03. The van der Waals surface area contributed by atoms with Crippen LogP contribution in [0.15, 0.2) is 34.0 Å². The van der Waals surface area contributed by atoms with Crippen molar-refractivity contribution in [2.75, 3.05) is 18.8 Å². The third kappa shape index (κ3) is 4.78. The lowest BCUT2D eigenvalue weighted by Gasteiger charge is -2.19. The van der Waals surface area contributed by atoms with E-state index in [4.69, 9.17) is 4.42 Å². The van der Waals surface area contributed by atoms with Crippen LogP contribution in [0, 0.1) is 0 Å². The number of furan rings is 1. The van der Waals surface area contributed by atoms with Gasteiger partial charge >= 0.3 is 6.18 Å². The molecule has 3 heterocycles. The van der Waals surface area contributed by atoms with Crippen molar-refractivity contribution in [1.29, 1.82) is 0 Å². The van der Waals surface area contributed by atoms with Gasteiger partial charge in [-0.3, -0.25) is 4.79 Å². The molecule has 1 aliphatic heterocycles. The Morgan fingerprint density at radius 2 is 1.92 bits per heavy atom. The molecule has 26 heavy (non-hydrogen) atoms. The van der Waals surface area contributed by atoms with E-state index in [0.717, 1.165) is 43.5 Å². The van der Waals surface area contributed by atoms with Crippen LogP contribution in [0.3, 0.4) is 0 Å². The molecule has 1 fully saturated rings. The normalized spacial score (nSPS) is 15.7. The van der Waals surface area contributed by atoms with E-state index in [1.165, 1.54) is 12.3 Å². The monoisotopic (exact) mass is 385 g/mol. The van der Waals surface area contributed by atoms with Crippen LogP contribution < -0.4 is 0 Å². The molecule has 0 aromatic carbocycles. The average Bonchev–Trinajstić information content (AvgIpc) is 3.01. The van der Waals surface area contributed by atoms with E-state index in [9.17, 15) is 18.0 Å². The Balaban J connectivity index is 1.76. The Morgan fingerprint density at radius 3 is 2.54 bits per heavy atom. The molecule has 5 nitrogen and oxygen atoms in total. The fourth-order valence-corrected chi connectivity index (χ4v) is 3.48. The van der Waals surface area contributed by atoms with Crippen molar-refractivity contribution in [3.05, 3.63) is 30.2 Å². The van der Waals surface area contributed by atoms with Crippen LogP contribution >= 0.6 is 11.8 Å². The number of nitrogens with zero attached hydrogens (tertiary/aromatic N) is 3. The van der Waals surface area contributed by atoms with Crippen molar-refractivity contribution >= 4 is 17.7 Å². The Morgan fingerprint density at radius 1 is 1.19 bits per heavy atom. The Labute approximate surface area is 153 Å². The van der Waals surface area contributed by atoms with Crippen LogP contribution in [0.5, 0.6) is 0 Å². The summed E-state index contributed by atoms with van der Waals surface area (Å²) >= 11 is 0.916. The zero-order valence-electron chi connectivity index (χ0n) is 14.0. The lowest BCUT2D eigenvalue weighted by atomic mass is 10.2. The minimum atomic E-state index is -4.60. The molecule has 0 spiro atoms. The molecule has 3 rings (SSSR count). The van der Waals surface area contributed by atoms with Gasteiger partial charge in [-0.05, 0) is 31.0 Å². The smallest absolute Gasteiger partial charge is 0.433 e. The topological polar surface area (TPSA) is 59.2 Å². The molecular formula is C17H18F3N3O2S. The van der Waals surface area contributed by atoms with Crippen LogP contribution in [-0.4, -0.2) is 39.6 Å². The van der Waals surface area contributed by atoms with Gasteiger partial charge in [-0.2, -0.15) is 13.2 Å². The maximum absolute atomic E-state index is 13.1. The van der Waals surface area contributed by atoms with Crippen molar-refractivity contribution in [3.63, 3.8) is 0 Å². The molecule has 140 valence electrons. The summed E-state index contributed by atoms with van der Waals surface area (Å²) in [5.41, 5.74) is -1.01. The molecule has 1 amide bonds. The number of alkyl halides is 3. The van der Waals surface area contributed by atoms with Gasteiger partial charge in [-0.1, -0.05) is 24.6 Å². The van der Waals surface area contributed by atoms with Gasteiger partial charge in [0, 0.05) is 13.1 Å². The highest BCUT2D eigenvalue weighted by Crippen LogP contribution is 2.32. The average molecular weight is 385 g/mol. The van der Waals surface area contributed by atoms with Crippen molar-refractivity contribution in [2.45, 2.75) is 37.0 Å². The number of halogens is 3. The van der Waals surface area contributed by atoms with Crippen LogP contribution in [0.25, 0.3) is 11.5 Å². The summed E-state index contributed by atoms with van der Waals surface area (Å²) in [6.45, 7) is 1.39. The van der Waals surface area contributed by atoms with Crippen LogP contribution in [0.4, 0.5) is 13.2 Å². The fraction of sp³-hybridized carbons (Fsp3) is 0.471. The van der Waals surface area contributed by atoms with Gasteiger partial charge in [0.25, 0.3) is 0 Å². The quantitative estimate of drug-likeness (QED) is 0.582. The van der Waals surface area contributed by atoms with Crippen molar-refractivity contribution < 1.29 is 22.4 Å². The van der Waals surface area contributed by atoms with Gasteiger partial charge in [-0.25, -0.2) is 9.97 Å². The molecule has 0 aliphatic carbocycles. The molecule has 1 aliphatic rings. The SMILES string of the molecule is O=C(CSc1nc(-c2ccco2)cc(C(F)(F)F)n1)N1CCCCCC1. The van der Waals surface area contributed by atoms with E-state index in [2.05, 4.69) is 9.97 Å². The molecule has 0 atom stereocenters. The second-order valence-electron chi connectivity index (χ2n) is 5.98. The lowest BCUT2D eigenvalue weighted by molar-refractivity contribution is -0.141. The Bertz CT molecular complexity index is 742. The highest BCUT2D eigenvalue weighted by atomic mass is 32.2. The maximum atomic E-state index is 13.1. The first-order valence-electron chi connectivity index (χ1n) is 8.34. The van der Waals surface area contributed by atoms with E-state index in [0.29, 0.717) is 13.1 Å². The number of carbonyl (C=O) groups excluding carboxylic acids is 1. The van der Waals surface area contributed by atoms with Gasteiger partial charge in [0.15, 0.2) is 10.9 Å². The van der Waals surface area contributed by atoms with Gasteiger partial charge in [0.1, 0.15) is 11.4 Å². The molecule has 2 aromatic heterocycles. The number of rotatable bonds is 4. The minimum absolute atomic E-state index is 0.0128. The number of likely N-dealkylation sites (tertiary alicyclic amines) is 1. The minimum Gasteiger partial charge on any atom is -0.463 e. The summed E-state index contributed by atoms with van der Waals surface area (Å²) < 4.78 is 44.5. The fourth-order valence-electron chi connectivity index (χ4n) is 2.72. The highest BCUT2D eigenvalue weighted by molar-refractivity contribution is 7.99. The van der Waals surface area contributed by atoms with Gasteiger partial charge < -0.3 is 9.32 Å². The van der Waals surface area contributed by atoms with Crippen molar-refractivity contribution in [1.82, 2.24) is 14.9 Å². The summed E-state index contributed by atoms with van der Waals surface area (Å²) in [5.74, 6) is 0.134. The lowest BCUT2D eigenvalue weighted by Crippen LogP contribution is -2.33. The molecular weight excluding hydrogens is 367 g/mol. The molecule has 0 radical (unpaired) electrons. The third-order valence-electron chi connectivity index (χ3n) is 4.05. The highest BCUT2D eigenvalue weighted by Gasteiger charge is 2.34. The van der Waals surface area contributed by atoms with E-state index in [-0.39, 0.29) is 28.3 Å². The summed E-state index contributed by atoms with van der Waals surface area (Å²) in [4.78, 5) is 21.8. The molecule has 0 bridgehead atoms. The van der Waals surface area contributed by atoms with E-state index >= 15 is 0 Å². The summed E-state index contributed by atoms with van der Waals surface area (Å²) in [7, 11) is 0. The predicted molar refractivity (Wildman–Crippen MR) is 90.5 cm³/mol. The first-order chi connectivity index (χ1) is 12.4. The van der Waals surface area contributed by atoms with Gasteiger partial charge in [0.05, 0.1) is 12.0 Å². The summed E-state index contributed by atoms with van der Waals surface area (Å²) in [5, 5.41) is -0.0885. The zero-order valence-corrected chi connectivity index (χ0v) is 14.8. The summed E-state index contributed by atoms with van der Waals surface area (Å²) in [6.07, 6.45) is 0.868. The van der Waals surface area contributed by atoms with Crippen LogP contribution in [-0.2, 0) is 11.0 Å². The number of aromatic nitrogens is 2. The Kier molecular flexibility index (Phi) is 5.85. The molecule has 0 N–H and O–H groups in total. The van der Waals surface area contributed by atoms with Gasteiger partial charge in [-0.15, -0.1) is 0 Å². The molecule has 0 saturated carbocycles. The van der Waals surface area contributed by atoms with E-state index in [1.807, 2.05) is 0 Å².